The first-order valence-corrected chi connectivity index (χ1v) is 7.23. The van der Waals surface area contributed by atoms with Crippen molar-refractivity contribution in [3.63, 3.8) is 0 Å². The van der Waals surface area contributed by atoms with Crippen molar-refractivity contribution in [2.24, 2.45) is 5.41 Å². The molecule has 1 fully saturated rings. The van der Waals surface area contributed by atoms with E-state index in [2.05, 4.69) is 24.2 Å². The Morgan fingerprint density at radius 3 is 2.89 bits per heavy atom. The minimum Gasteiger partial charge on any atom is -0.491 e. The number of rotatable bonds is 6. The first kappa shape index (κ1) is 14.6. The van der Waals surface area contributed by atoms with Crippen molar-refractivity contribution in [3.8, 4) is 5.75 Å². The maximum absolute atomic E-state index is 6.05. The maximum atomic E-state index is 6.05. The van der Waals surface area contributed by atoms with E-state index in [0.29, 0.717) is 17.0 Å². The molecule has 1 unspecified atom stereocenters. The molecule has 0 radical (unpaired) electrons. The van der Waals surface area contributed by atoms with Crippen LogP contribution in [0.15, 0.2) is 24.3 Å². The molecular formula is C15H23ClN2O. The zero-order chi connectivity index (χ0) is 13.7. The summed E-state index contributed by atoms with van der Waals surface area (Å²) in [5, 5.41) is 4.11. The molecule has 1 aliphatic heterocycles. The van der Waals surface area contributed by atoms with Crippen molar-refractivity contribution in [3.05, 3.63) is 29.3 Å². The number of nitrogens with one attached hydrogen (secondary N) is 1. The van der Waals surface area contributed by atoms with Gasteiger partial charge in [-0.15, -0.1) is 0 Å². The summed E-state index contributed by atoms with van der Waals surface area (Å²) < 4.78 is 5.72. The predicted octanol–water partition coefficient (Wildman–Crippen LogP) is 2.65. The van der Waals surface area contributed by atoms with Crippen molar-refractivity contribution in [1.82, 2.24) is 10.2 Å². The van der Waals surface area contributed by atoms with E-state index in [0.717, 1.165) is 31.9 Å². The molecule has 1 aromatic carbocycles. The van der Waals surface area contributed by atoms with E-state index in [9.17, 15) is 0 Å². The van der Waals surface area contributed by atoms with Crippen LogP contribution in [-0.2, 0) is 0 Å². The Bertz CT molecular complexity index is 405. The second kappa shape index (κ2) is 6.60. The van der Waals surface area contributed by atoms with Crippen LogP contribution in [0.4, 0.5) is 0 Å². The Kier molecular flexibility index (Phi) is 5.08. The second-order valence-corrected chi connectivity index (χ2v) is 6.16. The van der Waals surface area contributed by atoms with Gasteiger partial charge >= 0.3 is 0 Å². The molecule has 106 valence electrons. The van der Waals surface area contributed by atoms with Gasteiger partial charge in [-0.2, -0.15) is 0 Å². The van der Waals surface area contributed by atoms with Gasteiger partial charge in [0.05, 0.1) is 5.02 Å². The van der Waals surface area contributed by atoms with E-state index in [1.54, 1.807) is 0 Å². The number of nitrogens with zero attached hydrogens (tertiary/aromatic N) is 1. The number of benzene rings is 1. The van der Waals surface area contributed by atoms with E-state index >= 15 is 0 Å². The normalized spacial score (nSPS) is 22.9. The van der Waals surface area contributed by atoms with Crippen LogP contribution in [0.5, 0.6) is 5.75 Å². The summed E-state index contributed by atoms with van der Waals surface area (Å²) in [6.07, 6.45) is 1.25. The van der Waals surface area contributed by atoms with Crippen LogP contribution < -0.4 is 10.1 Å². The quantitative estimate of drug-likeness (QED) is 0.868. The average Bonchev–Trinajstić information content (AvgIpc) is 2.78. The van der Waals surface area contributed by atoms with Crippen LogP contribution in [0, 0.1) is 5.41 Å². The van der Waals surface area contributed by atoms with Gasteiger partial charge in [0.2, 0.25) is 0 Å². The van der Waals surface area contributed by atoms with Gasteiger partial charge in [-0.3, -0.25) is 0 Å². The number of para-hydroxylation sites is 1. The van der Waals surface area contributed by atoms with Crippen molar-refractivity contribution in [1.29, 1.82) is 0 Å². The molecule has 1 aliphatic rings. The Labute approximate surface area is 120 Å². The zero-order valence-electron chi connectivity index (χ0n) is 11.8. The lowest BCUT2D eigenvalue weighted by atomic mass is 9.89. The average molecular weight is 283 g/mol. The molecule has 1 atom stereocenters. The minimum absolute atomic E-state index is 0.402. The van der Waals surface area contributed by atoms with Crippen molar-refractivity contribution in [2.45, 2.75) is 13.3 Å². The zero-order valence-corrected chi connectivity index (χ0v) is 12.5. The summed E-state index contributed by atoms with van der Waals surface area (Å²) in [7, 11) is 2.15. The van der Waals surface area contributed by atoms with Crippen LogP contribution in [0.25, 0.3) is 0 Å². The summed E-state index contributed by atoms with van der Waals surface area (Å²) >= 11 is 6.05. The third-order valence-electron chi connectivity index (χ3n) is 3.68. The molecule has 4 heteroatoms. The minimum atomic E-state index is 0.402. The highest BCUT2D eigenvalue weighted by atomic mass is 35.5. The molecule has 0 saturated carbocycles. The fourth-order valence-corrected chi connectivity index (χ4v) is 2.80. The summed E-state index contributed by atoms with van der Waals surface area (Å²) in [6.45, 7) is 7.29. The molecule has 1 heterocycles. The van der Waals surface area contributed by atoms with E-state index < -0.39 is 0 Å². The first-order valence-electron chi connectivity index (χ1n) is 6.86. The molecule has 0 spiro atoms. The van der Waals surface area contributed by atoms with E-state index in [1.165, 1.54) is 6.42 Å². The Morgan fingerprint density at radius 1 is 1.42 bits per heavy atom. The topological polar surface area (TPSA) is 24.5 Å². The fraction of sp³-hybridized carbons (Fsp3) is 0.600. The highest BCUT2D eigenvalue weighted by Crippen LogP contribution is 2.25. The van der Waals surface area contributed by atoms with Gasteiger partial charge in [0.25, 0.3) is 0 Å². The Morgan fingerprint density at radius 2 is 2.21 bits per heavy atom. The third kappa shape index (κ3) is 4.37. The summed E-state index contributed by atoms with van der Waals surface area (Å²) in [5.74, 6) is 0.770. The summed E-state index contributed by atoms with van der Waals surface area (Å²) in [5.41, 5.74) is 0.402. The Balaban J connectivity index is 1.72. The largest absolute Gasteiger partial charge is 0.491 e. The van der Waals surface area contributed by atoms with E-state index in [-0.39, 0.29) is 0 Å². The van der Waals surface area contributed by atoms with Crippen molar-refractivity contribution >= 4 is 11.6 Å². The van der Waals surface area contributed by atoms with Crippen LogP contribution in [-0.4, -0.2) is 44.7 Å². The molecule has 3 nitrogen and oxygen atoms in total. The predicted molar refractivity (Wildman–Crippen MR) is 80.0 cm³/mol. The fourth-order valence-electron chi connectivity index (χ4n) is 2.61. The number of ether oxygens (including phenoxy) is 1. The van der Waals surface area contributed by atoms with E-state index in [1.807, 2.05) is 24.3 Å². The summed E-state index contributed by atoms with van der Waals surface area (Å²) in [4.78, 5) is 2.34. The van der Waals surface area contributed by atoms with E-state index in [4.69, 9.17) is 16.3 Å². The summed E-state index contributed by atoms with van der Waals surface area (Å²) in [6, 6.07) is 7.61. The van der Waals surface area contributed by atoms with Gasteiger partial charge in [-0.1, -0.05) is 30.7 Å². The molecule has 1 N–H and O–H groups in total. The second-order valence-electron chi connectivity index (χ2n) is 5.75. The molecule has 0 bridgehead atoms. The maximum Gasteiger partial charge on any atom is 0.137 e. The van der Waals surface area contributed by atoms with Crippen LogP contribution in [0.2, 0.25) is 5.02 Å². The Hall–Kier alpha value is -0.770. The molecule has 1 saturated heterocycles. The molecule has 0 amide bonds. The molecule has 1 aromatic rings. The molecule has 19 heavy (non-hydrogen) atoms. The van der Waals surface area contributed by atoms with Crippen molar-refractivity contribution < 1.29 is 4.74 Å². The molecule has 0 aliphatic carbocycles. The first-order chi connectivity index (χ1) is 9.09. The lowest BCUT2D eigenvalue weighted by molar-refractivity contribution is 0.177. The van der Waals surface area contributed by atoms with Gasteiger partial charge in [0.15, 0.2) is 0 Å². The van der Waals surface area contributed by atoms with Crippen LogP contribution >= 0.6 is 11.6 Å². The number of halogens is 1. The number of hydrogen-bond acceptors (Lipinski definition) is 3. The smallest absolute Gasteiger partial charge is 0.137 e. The highest BCUT2D eigenvalue weighted by Gasteiger charge is 2.29. The number of hydrogen-bond donors (Lipinski definition) is 1. The van der Waals surface area contributed by atoms with Gasteiger partial charge in [-0.05, 0) is 37.6 Å². The van der Waals surface area contributed by atoms with Gasteiger partial charge in [0, 0.05) is 19.6 Å². The third-order valence-corrected chi connectivity index (χ3v) is 3.99. The lowest BCUT2D eigenvalue weighted by Crippen LogP contribution is -2.37. The SMILES string of the molecule is CN(CCOc1ccccc1Cl)CC1(C)CCNC1. The molecule has 0 aromatic heterocycles. The monoisotopic (exact) mass is 282 g/mol. The van der Waals surface area contributed by atoms with Gasteiger partial charge < -0.3 is 15.0 Å². The van der Waals surface area contributed by atoms with Crippen molar-refractivity contribution in [2.75, 3.05) is 39.8 Å². The van der Waals surface area contributed by atoms with Crippen LogP contribution in [0.3, 0.4) is 0 Å². The van der Waals surface area contributed by atoms with Gasteiger partial charge in [-0.25, -0.2) is 0 Å². The standard InChI is InChI=1S/C15H23ClN2O/c1-15(7-8-17-11-15)12-18(2)9-10-19-14-6-4-3-5-13(14)16/h3-6,17H,7-12H2,1-2H3. The van der Waals surface area contributed by atoms with Gasteiger partial charge in [0.1, 0.15) is 12.4 Å². The highest BCUT2D eigenvalue weighted by molar-refractivity contribution is 6.32. The van der Waals surface area contributed by atoms with Crippen LogP contribution in [0.1, 0.15) is 13.3 Å². The molecular weight excluding hydrogens is 260 g/mol. The number of likely N-dealkylation sites (N-methyl/N-ethyl adjacent to an activating group) is 1. The lowest BCUT2D eigenvalue weighted by Gasteiger charge is -2.29. The molecule has 2 rings (SSSR count).